The maximum absolute atomic E-state index is 12.0. The minimum absolute atomic E-state index is 0.0685. The maximum Gasteiger partial charge on any atom is 0.305 e. The van der Waals surface area contributed by atoms with Gasteiger partial charge in [-0.1, -0.05) is 128 Å². The Kier molecular flexibility index (Phi) is 18.7. The molecule has 6 heteroatoms. The van der Waals surface area contributed by atoms with Gasteiger partial charge in [-0.25, -0.2) is 0 Å². The van der Waals surface area contributed by atoms with E-state index in [0.29, 0.717) is 43.8 Å². The lowest BCUT2D eigenvalue weighted by atomic mass is 9.63. The largest absolute Gasteiger partial charge is 0.463 e. The Bertz CT molecular complexity index is 965. The predicted octanol–water partition coefficient (Wildman–Crippen LogP) is 10.5. The fourth-order valence-corrected chi connectivity index (χ4v) is 8.18. The first-order chi connectivity index (χ1) is 23.6. The van der Waals surface area contributed by atoms with E-state index in [1.165, 1.54) is 109 Å². The van der Waals surface area contributed by atoms with Crippen molar-refractivity contribution in [3.8, 4) is 0 Å². The van der Waals surface area contributed by atoms with Crippen molar-refractivity contribution < 1.29 is 28.5 Å². The lowest BCUT2D eigenvalue weighted by Crippen LogP contribution is -2.31. The van der Waals surface area contributed by atoms with Crippen LogP contribution >= 0.6 is 0 Å². The first kappa shape index (κ1) is 39.1. The summed E-state index contributed by atoms with van der Waals surface area (Å²) in [4.78, 5) is 23.9. The van der Waals surface area contributed by atoms with Gasteiger partial charge in [0.1, 0.15) is 25.4 Å². The van der Waals surface area contributed by atoms with E-state index in [-0.39, 0.29) is 24.1 Å². The molecule has 0 amide bonds. The fraction of sp³-hybridized carbons (Fsp3) is 0.857. The molecule has 0 spiro atoms. The van der Waals surface area contributed by atoms with Crippen molar-refractivity contribution in [1.29, 1.82) is 0 Å². The molecule has 2 heterocycles. The third-order valence-corrected chi connectivity index (χ3v) is 11.3. The third-order valence-electron chi connectivity index (χ3n) is 11.3. The van der Waals surface area contributed by atoms with E-state index < -0.39 is 0 Å². The van der Waals surface area contributed by atoms with Crippen LogP contribution in [0.5, 0.6) is 0 Å². The number of carbonyl (C=O) groups excluding carboxylic acids is 2. The molecule has 2 aliphatic heterocycles. The van der Waals surface area contributed by atoms with Gasteiger partial charge in [-0.3, -0.25) is 9.59 Å². The Morgan fingerprint density at radius 2 is 1.15 bits per heavy atom. The summed E-state index contributed by atoms with van der Waals surface area (Å²) in [5, 5.41) is 0. The average Bonchev–Trinajstić information content (AvgIpc) is 4.03. The number of carbonyl (C=O) groups is 2. The van der Waals surface area contributed by atoms with Crippen LogP contribution in [-0.4, -0.2) is 50.6 Å². The van der Waals surface area contributed by atoms with E-state index in [1.807, 2.05) is 0 Å². The van der Waals surface area contributed by atoms with Gasteiger partial charge >= 0.3 is 11.9 Å². The zero-order chi connectivity index (χ0) is 33.8. The van der Waals surface area contributed by atoms with Crippen molar-refractivity contribution in [1.82, 2.24) is 0 Å². The number of hydrogen-bond acceptors (Lipinski definition) is 6. The zero-order valence-corrected chi connectivity index (χ0v) is 30.8. The van der Waals surface area contributed by atoms with Gasteiger partial charge in [0.15, 0.2) is 0 Å². The van der Waals surface area contributed by atoms with Gasteiger partial charge in [0.05, 0.1) is 13.2 Å². The monoisotopic (exact) mass is 671 g/mol. The second kappa shape index (κ2) is 22.9. The van der Waals surface area contributed by atoms with Gasteiger partial charge in [-0.2, -0.15) is 0 Å². The Balaban J connectivity index is 1.24. The summed E-state index contributed by atoms with van der Waals surface area (Å²) in [6, 6.07) is 0. The van der Waals surface area contributed by atoms with Crippen LogP contribution in [0.25, 0.3) is 0 Å². The lowest BCUT2D eigenvalue weighted by Gasteiger charge is -2.42. The van der Waals surface area contributed by atoms with Gasteiger partial charge in [0.25, 0.3) is 0 Å². The second-order valence-electron chi connectivity index (χ2n) is 15.5. The quantitative estimate of drug-likeness (QED) is 0.0357. The van der Waals surface area contributed by atoms with Crippen LogP contribution in [0.2, 0.25) is 0 Å². The molecule has 0 N–H and O–H groups in total. The molecular formula is C42H70O6. The van der Waals surface area contributed by atoms with Gasteiger partial charge in [0, 0.05) is 12.8 Å². The number of ether oxygens (including phenoxy) is 4. The van der Waals surface area contributed by atoms with Gasteiger partial charge in [0.2, 0.25) is 0 Å². The van der Waals surface area contributed by atoms with Crippen molar-refractivity contribution >= 4 is 11.9 Å². The summed E-state index contributed by atoms with van der Waals surface area (Å²) in [7, 11) is 0. The smallest absolute Gasteiger partial charge is 0.305 e. The van der Waals surface area contributed by atoms with E-state index >= 15 is 0 Å². The number of esters is 2. The normalized spacial score (nSPS) is 27.3. The average molecular weight is 671 g/mol. The predicted molar refractivity (Wildman–Crippen MR) is 194 cm³/mol. The van der Waals surface area contributed by atoms with Crippen LogP contribution in [0, 0.1) is 29.6 Å². The minimum atomic E-state index is -0.0708. The highest BCUT2D eigenvalue weighted by atomic mass is 16.6. The van der Waals surface area contributed by atoms with Gasteiger partial charge in [-0.05, 0) is 74.5 Å². The Hall–Kier alpha value is -1.66. The molecule has 7 unspecified atom stereocenters. The maximum atomic E-state index is 12.0. The van der Waals surface area contributed by atoms with Crippen LogP contribution in [-0.2, 0) is 28.5 Å². The zero-order valence-electron chi connectivity index (χ0n) is 30.8. The number of rotatable bonds is 28. The highest BCUT2D eigenvalue weighted by Gasteiger charge is 2.37. The Morgan fingerprint density at radius 1 is 0.625 bits per heavy atom. The van der Waals surface area contributed by atoms with E-state index in [0.717, 1.165) is 50.7 Å². The molecule has 4 rings (SSSR count). The summed E-state index contributed by atoms with van der Waals surface area (Å²) >= 11 is 0. The first-order valence-corrected chi connectivity index (χ1v) is 20.5. The van der Waals surface area contributed by atoms with E-state index in [1.54, 1.807) is 5.57 Å². The van der Waals surface area contributed by atoms with Crippen LogP contribution in [0.1, 0.15) is 162 Å². The molecule has 2 aliphatic carbocycles. The van der Waals surface area contributed by atoms with E-state index in [4.69, 9.17) is 18.9 Å². The number of epoxide rings is 2. The van der Waals surface area contributed by atoms with Crippen molar-refractivity contribution in [3.05, 3.63) is 23.8 Å². The molecule has 7 atom stereocenters. The standard InChI is InChI=1S/C42H70O6/c1-3-5-7-14-21-35-28-40-36(27-34(35)19-6-4-2)26-25-33(20-15-10-8-12-17-23-41(43)47-31-37-29-45-37)39(40)22-16-11-9-13-18-24-42(44)48-32-38-30-46-38/h25-26,28,33-39H,3-24,27,29-32H2,1-2H3. The molecule has 2 saturated heterocycles. The summed E-state index contributed by atoms with van der Waals surface area (Å²) in [5.74, 6) is 3.48. The van der Waals surface area contributed by atoms with E-state index in [9.17, 15) is 9.59 Å². The molecule has 4 aliphatic rings. The molecule has 0 aromatic rings. The number of fused-ring (bicyclic) bond motifs is 1. The summed E-state index contributed by atoms with van der Waals surface area (Å²) in [6.45, 7) is 6.99. The highest BCUT2D eigenvalue weighted by Crippen LogP contribution is 2.48. The lowest BCUT2D eigenvalue weighted by molar-refractivity contribution is -0.145. The molecule has 48 heavy (non-hydrogen) atoms. The third kappa shape index (κ3) is 15.5. The topological polar surface area (TPSA) is 77.7 Å². The first-order valence-electron chi connectivity index (χ1n) is 20.5. The number of hydrogen-bond donors (Lipinski definition) is 0. The molecule has 274 valence electrons. The molecule has 2 fully saturated rings. The van der Waals surface area contributed by atoms with Crippen LogP contribution in [0.3, 0.4) is 0 Å². The van der Waals surface area contributed by atoms with Gasteiger partial charge in [-0.15, -0.1) is 0 Å². The molecule has 0 aromatic heterocycles. The van der Waals surface area contributed by atoms with E-state index in [2.05, 4.69) is 32.1 Å². The van der Waals surface area contributed by atoms with Crippen LogP contribution < -0.4 is 0 Å². The Labute approximate surface area is 293 Å². The number of unbranched alkanes of at least 4 members (excludes halogenated alkanes) is 12. The van der Waals surface area contributed by atoms with Crippen LogP contribution in [0.15, 0.2) is 23.8 Å². The molecule has 0 aromatic carbocycles. The summed E-state index contributed by atoms with van der Waals surface area (Å²) in [6.07, 6.45) is 35.8. The van der Waals surface area contributed by atoms with Crippen molar-refractivity contribution in [2.45, 2.75) is 174 Å². The van der Waals surface area contributed by atoms with Crippen molar-refractivity contribution in [2.75, 3.05) is 26.4 Å². The highest BCUT2D eigenvalue weighted by molar-refractivity contribution is 5.69. The Morgan fingerprint density at radius 3 is 1.73 bits per heavy atom. The fourth-order valence-electron chi connectivity index (χ4n) is 8.18. The SMILES string of the molecule is CCCCCCC1C=C2C(C=CC(CCCCCCCC(=O)OCC3CO3)C2CCCCCCCC(=O)OCC2CO2)CC1CCCC. The van der Waals surface area contributed by atoms with Crippen molar-refractivity contribution in [2.24, 2.45) is 29.6 Å². The molecule has 0 radical (unpaired) electrons. The van der Waals surface area contributed by atoms with Gasteiger partial charge < -0.3 is 18.9 Å². The molecular weight excluding hydrogens is 600 g/mol. The van der Waals surface area contributed by atoms with Crippen molar-refractivity contribution in [3.63, 3.8) is 0 Å². The molecule has 0 saturated carbocycles. The number of allylic oxidation sites excluding steroid dienone is 4. The minimum Gasteiger partial charge on any atom is -0.463 e. The van der Waals surface area contributed by atoms with Crippen LogP contribution in [0.4, 0.5) is 0 Å². The second-order valence-corrected chi connectivity index (χ2v) is 15.5. The molecule has 6 nitrogen and oxygen atoms in total. The molecule has 0 bridgehead atoms. The summed E-state index contributed by atoms with van der Waals surface area (Å²) in [5.41, 5.74) is 1.80. The summed E-state index contributed by atoms with van der Waals surface area (Å²) < 4.78 is 20.8.